The molecule has 1 fully saturated rings. The average molecular weight is 406 g/mol. The molecule has 142 valence electrons. The number of rotatable bonds is 5. The van der Waals surface area contributed by atoms with E-state index in [1.165, 1.54) is 4.31 Å². The van der Waals surface area contributed by atoms with Crippen LogP contribution < -0.4 is 10.7 Å². The minimum atomic E-state index is -3.50. The van der Waals surface area contributed by atoms with Crippen molar-refractivity contribution < 1.29 is 13.2 Å². The quantitative estimate of drug-likeness (QED) is 0.441. The van der Waals surface area contributed by atoms with Gasteiger partial charge in [0.15, 0.2) is 5.11 Å². The Kier molecular flexibility index (Phi) is 6.45. The predicted octanol–water partition coefficient (Wildman–Crippen LogP) is 1.42. The summed E-state index contributed by atoms with van der Waals surface area (Å²) in [4.78, 5) is 4.17. The molecule has 0 amide bonds. The van der Waals surface area contributed by atoms with E-state index in [1.807, 2.05) is 12.1 Å². The van der Waals surface area contributed by atoms with Gasteiger partial charge in [0.1, 0.15) is 0 Å². The largest absolute Gasteiger partial charge is 0.379 e. The molecule has 3 rings (SSSR count). The number of morpholine rings is 1. The molecule has 8 nitrogen and oxygen atoms in total. The van der Waals surface area contributed by atoms with Crippen LogP contribution in [-0.4, -0.2) is 55.3 Å². The van der Waals surface area contributed by atoms with E-state index in [4.69, 9.17) is 17.0 Å². The summed E-state index contributed by atoms with van der Waals surface area (Å²) in [6.07, 6.45) is 4.96. The van der Waals surface area contributed by atoms with Crippen molar-refractivity contribution in [3.8, 4) is 0 Å². The molecule has 0 spiro atoms. The van der Waals surface area contributed by atoms with E-state index in [2.05, 4.69) is 20.8 Å². The lowest BCUT2D eigenvalue weighted by Crippen LogP contribution is -2.40. The molecule has 0 radical (unpaired) electrons. The lowest BCUT2D eigenvalue weighted by molar-refractivity contribution is 0.0730. The van der Waals surface area contributed by atoms with Crippen molar-refractivity contribution in [1.29, 1.82) is 0 Å². The van der Waals surface area contributed by atoms with Gasteiger partial charge in [-0.05, 0) is 54.2 Å². The summed E-state index contributed by atoms with van der Waals surface area (Å²) in [5.41, 5.74) is 4.25. The Morgan fingerprint density at radius 1 is 1.15 bits per heavy atom. The average Bonchev–Trinajstić information content (AvgIpc) is 2.70. The third-order valence-corrected chi connectivity index (χ3v) is 5.91. The maximum atomic E-state index is 12.6. The molecule has 0 aliphatic carbocycles. The Morgan fingerprint density at radius 3 is 2.48 bits per heavy atom. The first kappa shape index (κ1) is 19.4. The fourth-order valence-electron chi connectivity index (χ4n) is 2.42. The number of hydrogen-bond acceptors (Lipinski definition) is 6. The molecule has 1 aliphatic rings. The first-order valence-electron chi connectivity index (χ1n) is 8.24. The minimum absolute atomic E-state index is 0.240. The molecule has 1 aromatic heterocycles. The molecule has 1 aromatic carbocycles. The van der Waals surface area contributed by atoms with Crippen molar-refractivity contribution in [2.75, 3.05) is 31.6 Å². The van der Waals surface area contributed by atoms with E-state index < -0.39 is 10.0 Å². The van der Waals surface area contributed by atoms with E-state index in [9.17, 15) is 8.42 Å². The predicted molar refractivity (Wildman–Crippen MR) is 107 cm³/mol. The number of hydrazone groups is 1. The lowest BCUT2D eigenvalue weighted by Gasteiger charge is -2.26. The Bertz CT molecular complexity index is 896. The Labute approximate surface area is 163 Å². The second kappa shape index (κ2) is 9.00. The molecular weight excluding hydrogens is 386 g/mol. The molecule has 2 heterocycles. The van der Waals surface area contributed by atoms with Crippen molar-refractivity contribution in [3.05, 3.63) is 54.4 Å². The second-order valence-electron chi connectivity index (χ2n) is 5.65. The van der Waals surface area contributed by atoms with Crippen molar-refractivity contribution in [1.82, 2.24) is 14.7 Å². The van der Waals surface area contributed by atoms with Crippen LogP contribution in [0.4, 0.5) is 5.69 Å². The number of aromatic nitrogens is 1. The third-order valence-electron chi connectivity index (χ3n) is 3.81. The smallest absolute Gasteiger partial charge is 0.243 e. The summed E-state index contributed by atoms with van der Waals surface area (Å²) in [6.45, 7) is 1.56. The van der Waals surface area contributed by atoms with Crippen molar-refractivity contribution >= 4 is 39.3 Å². The highest BCUT2D eigenvalue weighted by Crippen LogP contribution is 2.19. The van der Waals surface area contributed by atoms with Gasteiger partial charge in [-0.2, -0.15) is 9.41 Å². The van der Waals surface area contributed by atoms with Crippen LogP contribution in [0.15, 0.2) is 58.8 Å². The lowest BCUT2D eigenvalue weighted by atomic mass is 10.3. The molecule has 2 aromatic rings. The fraction of sp³-hybridized carbons (Fsp3) is 0.235. The van der Waals surface area contributed by atoms with E-state index >= 15 is 0 Å². The Morgan fingerprint density at radius 2 is 1.81 bits per heavy atom. The summed E-state index contributed by atoms with van der Waals surface area (Å²) in [7, 11) is -3.50. The number of hydrogen-bond donors (Lipinski definition) is 2. The van der Waals surface area contributed by atoms with Gasteiger partial charge in [-0.15, -0.1) is 0 Å². The number of thiocarbonyl (C=S) groups is 1. The summed E-state index contributed by atoms with van der Waals surface area (Å²) in [5, 5.41) is 7.28. The van der Waals surface area contributed by atoms with Gasteiger partial charge in [-0.1, -0.05) is 0 Å². The Hall–Kier alpha value is -2.40. The van der Waals surface area contributed by atoms with Crippen molar-refractivity contribution in [2.45, 2.75) is 4.90 Å². The highest BCUT2D eigenvalue weighted by atomic mass is 32.2. The highest BCUT2D eigenvalue weighted by molar-refractivity contribution is 7.89. The van der Waals surface area contributed by atoms with Gasteiger partial charge in [0.25, 0.3) is 0 Å². The van der Waals surface area contributed by atoms with Crippen LogP contribution in [0.3, 0.4) is 0 Å². The van der Waals surface area contributed by atoms with E-state index in [0.29, 0.717) is 37.1 Å². The first-order chi connectivity index (χ1) is 13.1. The van der Waals surface area contributed by atoms with Crippen LogP contribution in [-0.2, 0) is 14.8 Å². The Balaban J connectivity index is 1.57. The fourth-order valence-corrected chi connectivity index (χ4v) is 4.00. The minimum Gasteiger partial charge on any atom is -0.379 e. The van der Waals surface area contributed by atoms with Crippen LogP contribution in [0, 0.1) is 0 Å². The number of nitrogens with one attached hydrogen (secondary N) is 2. The number of nitrogens with zero attached hydrogens (tertiary/aromatic N) is 3. The van der Waals surface area contributed by atoms with Gasteiger partial charge in [-0.25, -0.2) is 8.42 Å². The molecule has 0 saturated carbocycles. The van der Waals surface area contributed by atoms with Gasteiger partial charge in [0.2, 0.25) is 10.0 Å². The zero-order chi connectivity index (χ0) is 19.1. The van der Waals surface area contributed by atoms with Gasteiger partial charge in [-0.3, -0.25) is 10.4 Å². The van der Waals surface area contributed by atoms with E-state index in [-0.39, 0.29) is 4.90 Å². The highest BCUT2D eigenvalue weighted by Gasteiger charge is 2.26. The SMILES string of the molecule is O=S(=O)(c1ccc(NC(=S)N/N=C\c2ccncc2)cc1)N1CCOCC1. The number of sulfonamides is 1. The maximum absolute atomic E-state index is 12.6. The zero-order valence-electron chi connectivity index (χ0n) is 14.4. The number of benzene rings is 1. The topological polar surface area (TPSA) is 95.9 Å². The van der Waals surface area contributed by atoms with E-state index in [1.54, 1.807) is 42.9 Å². The molecule has 0 atom stereocenters. The van der Waals surface area contributed by atoms with Crippen LogP contribution in [0.1, 0.15) is 5.56 Å². The van der Waals surface area contributed by atoms with Crippen LogP contribution in [0.5, 0.6) is 0 Å². The summed E-state index contributed by atoms with van der Waals surface area (Å²) in [6, 6.07) is 10.1. The van der Waals surface area contributed by atoms with Gasteiger partial charge >= 0.3 is 0 Å². The number of pyridine rings is 1. The number of anilines is 1. The zero-order valence-corrected chi connectivity index (χ0v) is 16.0. The molecule has 27 heavy (non-hydrogen) atoms. The number of ether oxygens (including phenoxy) is 1. The standard InChI is InChI=1S/C17H19N5O3S2/c23-27(24,22-9-11-25-12-10-22)16-3-1-15(2-4-16)20-17(26)21-19-13-14-5-7-18-8-6-14/h1-8,13H,9-12H2,(H2,20,21,26)/b19-13-. The molecule has 1 aliphatic heterocycles. The van der Waals surface area contributed by atoms with Gasteiger partial charge < -0.3 is 10.1 Å². The third kappa shape index (κ3) is 5.30. The maximum Gasteiger partial charge on any atom is 0.243 e. The second-order valence-corrected chi connectivity index (χ2v) is 7.99. The van der Waals surface area contributed by atoms with Crippen molar-refractivity contribution in [2.24, 2.45) is 5.10 Å². The molecular formula is C17H19N5O3S2. The molecule has 2 N–H and O–H groups in total. The normalized spacial score (nSPS) is 15.6. The molecule has 0 unspecified atom stereocenters. The van der Waals surface area contributed by atoms with Crippen molar-refractivity contribution in [3.63, 3.8) is 0 Å². The monoisotopic (exact) mass is 405 g/mol. The molecule has 1 saturated heterocycles. The first-order valence-corrected chi connectivity index (χ1v) is 10.1. The van der Waals surface area contributed by atoms with Crippen LogP contribution in [0.25, 0.3) is 0 Å². The van der Waals surface area contributed by atoms with Gasteiger partial charge in [0, 0.05) is 31.2 Å². The molecule has 10 heteroatoms. The van der Waals surface area contributed by atoms with Crippen LogP contribution in [0.2, 0.25) is 0 Å². The van der Waals surface area contributed by atoms with Gasteiger partial charge in [0.05, 0.1) is 24.3 Å². The van der Waals surface area contributed by atoms with E-state index in [0.717, 1.165) is 5.56 Å². The summed E-state index contributed by atoms with van der Waals surface area (Å²) in [5.74, 6) is 0. The van der Waals surface area contributed by atoms with Crippen LogP contribution >= 0.6 is 12.2 Å². The molecule has 0 bridgehead atoms. The summed E-state index contributed by atoms with van der Waals surface area (Å²) < 4.78 is 31.8. The summed E-state index contributed by atoms with van der Waals surface area (Å²) >= 11 is 5.17.